The molecule has 0 unspecified atom stereocenters. The molecular weight excluding hydrogens is 398 g/mol. The van der Waals surface area contributed by atoms with Gasteiger partial charge in [0.05, 0.1) is 11.4 Å². The van der Waals surface area contributed by atoms with Crippen LogP contribution in [0, 0.1) is 0 Å². The van der Waals surface area contributed by atoms with Gasteiger partial charge in [0, 0.05) is 36.0 Å². The van der Waals surface area contributed by atoms with Crippen molar-refractivity contribution in [1.29, 1.82) is 0 Å². The molecule has 0 atom stereocenters. The summed E-state index contributed by atoms with van der Waals surface area (Å²) in [5, 5.41) is 3.46. The maximum atomic E-state index is 12.7. The SMILES string of the molecule is CCN(CC)S(=O)(=O)c1ccc2c(c1)CCN2CC(=O)Nc1ccc(Cl)cc1. The molecule has 8 heteroatoms. The number of carbonyl (C=O) groups is 1. The number of benzene rings is 2. The number of nitrogens with zero attached hydrogens (tertiary/aromatic N) is 2. The van der Waals surface area contributed by atoms with Gasteiger partial charge >= 0.3 is 0 Å². The van der Waals surface area contributed by atoms with Crippen LogP contribution in [0.3, 0.4) is 0 Å². The van der Waals surface area contributed by atoms with E-state index >= 15 is 0 Å². The Hall–Kier alpha value is -2.09. The third kappa shape index (κ3) is 4.32. The fourth-order valence-corrected chi connectivity index (χ4v) is 5.03. The van der Waals surface area contributed by atoms with Gasteiger partial charge < -0.3 is 10.2 Å². The first kappa shape index (κ1) is 20.6. The van der Waals surface area contributed by atoms with E-state index < -0.39 is 10.0 Å². The molecule has 2 aromatic carbocycles. The van der Waals surface area contributed by atoms with Crippen molar-refractivity contribution in [2.75, 3.05) is 36.4 Å². The van der Waals surface area contributed by atoms with Gasteiger partial charge in [-0.3, -0.25) is 4.79 Å². The molecule has 1 heterocycles. The summed E-state index contributed by atoms with van der Waals surface area (Å²) in [6, 6.07) is 12.1. The van der Waals surface area contributed by atoms with Crippen molar-refractivity contribution >= 4 is 38.9 Å². The van der Waals surface area contributed by atoms with Crippen molar-refractivity contribution in [1.82, 2.24) is 4.31 Å². The summed E-state index contributed by atoms with van der Waals surface area (Å²) in [6.07, 6.45) is 0.713. The first-order valence-electron chi connectivity index (χ1n) is 9.28. The van der Waals surface area contributed by atoms with Crippen molar-refractivity contribution in [3.05, 3.63) is 53.1 Å². The van der Waals surface area contributed by atoms with E-state index in [1.807, 2.05) is 18.7 Å². The third-order valence-electron chi connectivity index (χ3n) is 4.85. The molecule has 0 aliphatic carbocycles. The van der Waals surface area contributed by atoms with E-state index in [0.717, 1.165) is 11.3 Å². The Labute approximate surface area is 171 Å². The Morgan fingerprint density at radius 1 is 1.14 bits per heavy atom. The van der Waals surface area contributed by atoms with E-state index in [9.17, 15) is 13.2 Å². The van der Waals surface area contributed by atoms with E-state index in [-0.39, 0.29) is 12.5 Å². The summed E-state index contributed by atoms with van der Waals surface area (Å²) in [5.74, 6) is -0.130. The zero-order chi connectivity index (χ0) is 20.3. The topological polar surface area (TPSA) is 69.7 Å². The zero-order valence-corrected chi connectivity index (χ0v) is 17.6. The average molecular weight is 422 g/mol. The molecule has 1 N–H and O–H groups in total. The number of sulfonamides is 1. The molecule has 0 radical (unpaired) electrons. The van der Waals surface area contributed by atoms with Crippen LogP contribution in [0.5, 0.6) is 0 Å². The largest absolute Gasteiger partial charge is 0.362 e. The van der Waals surface area contributed by atoms with Crippen LogP contribution in [0.1, 0.15) is 19.4 Å². The Kier molecular flexibility index (Phi) is 6.27. The summed E-state index contributed by atoms with van der Waals surface area (Å²) < 4.78 is 26.9. The van der Waals surface area contributed by atoms with E-state index in [1.165, 1.54) is 4.31 Å². The lowest BCUT2D eigenvalue weighted by Crippen LogP contribution is -2.32. The van der Waals surface area contributed by atoms with E-state index in [2.05, 4.69) is 5.32 Å². The second-order valence-electron chi connectivity index (χ2n) is 6.61. The standard InChI is InChI=1S/C20H24ClN3O3S/c1-3-24(4-2)28(26,27)18-9-10-19-15(13-18)11-12-23(19)14-20(25)22-17-7-5-16(21)6-8-17/h5-10,13H,3-4,11-12,14H2,1-2H3,(H,22,25). The third-order valence-corrected chi connectivity index (χ3v) is 7.15. The lowest BCUT2D eigenvalue weighted by Gasteiger charge is -2.21. The summed E-state index contributed by atoms with van der Waals surface area (Å²) in [7, 11) is -3.48. The van der Waals surface area contributed by atoms with Gasteiger partial charge in [-0.15, -0.1) is 0 Å². The van der Waals surface area contributed by atoms with Crippen molar-refractivity contribution in [3.63, 3.8) is 0 Å². The number of nitrogens with one attached hydrogen (secondary N) is 1. The van der Waals surface area contributed by atoms with Crippen LogP contribution in [0.4, 0.5) is 11.4 Å². The Bertz CT molecular complexity index is 957. The molecular formula is C20H24ClN3O3S. The summed E-state index contributed by atoms with van der Waals surface area (Å²) in [6.45, 7) is 5.42. The molecule has 3 rings (SSSR count). The van der Waals surface area contributed by atoms with E-state index in [1.54, 1.807) is 42.5 Å². The summed E-state index contributed by atoms with van der Waals surface area (Å²) >= 11 is 5.86. The Morgan fingerprint density at radius 2 is 1.82 bits per heavy atom. The molecule has 150 valence electrons. The highest BCUT2D eigenvalue weighted by Crippen LogP contribution is 2.31. The van der Waals surface area contributed by atoms with Crippen LogP contribution in [0.15, 0.2) is 47.4 Å². The number of halogens is 1. The first-order chi connectivity index (χ1) is 13.3. The summed E-state index contributed by atoms with van der Waals surface area (Å²) in [5.41, 5.74) is 2.55. The fourth-order valence-electron chi connectivity index (χ4n) is 3.39. The van der Waals surface area contributed by atoms with Gasteiger partial charge in [-0.05, 0) is 54.4 Å². The van der Waals surface area contributed by atoms with Crippen LogP contribution < -0.4 is 10.2 Å². The molecule has 0 saturated heterocycles. The number of hydrogen-bond donors (Lipinski definition) is 1. The minimum Gasteiger partial charge on any atom is -0.362 e. The molecule has 0 bridgehead atoms. The number of fused-ring (bicyclic) bond motifs is 1. The van der Waals surface area contributed by atoms with Crippen molar-refractivity contribution in [3.8, 4) is 0 Å². The van der Waals surface area contributed by atoms with E-state index in [0.29, 0.717) is 41.7 Å². The van der Waals surface area contributed by atoms with Gasteiger partial charge in [0.2, 0.25) is 15.9 Å². The van der Waals surface area contributed by atoms with Gasteiger partial charge in [-0.2, -0.15) is 4.31 Å². The highest BCUT2D eigenvalue weighted by Gasteiger charge is 2.26. The number of hydrogen-bond acceptors (Lipinski definition) is 4. The number of anilines is 2. The minimum atomic E-state index is -3.48. The first-order valence-corrected chi connectivity index (χ1v) is 11.1. The Balaban J connectivity index is 1.72. The van der Waals surface area contributed by atoms with Crippen molar-refractivity contribution < 1.29 is 13.2 Å². The molecule has 0 aromatic heterocycles. The second kappa shape index (κ2) is 8.51. The molecule has 1 amide bonds. The maximum absolute atomic E-state index is 12.7. The maximum Gasteiger partial charge on any atom is 0.243 e. The lowest BCUT2D eigenvalue weighted by molar-refractivity contribution is -0.115. The fraction of sp³-hybridized carbons (Fsp3) is 0.350. The predicted octanol–water partition coefficient (Wildman–Crippen LogP) is 3.37. The number of carbonyl (C=O) groups excluding carboxylic acids is 1. The van der Waals surface area contributed by atoms with Crippen LogP contribution in [-0.4, -0.2) is 44.8 Å². The molecule has 0 saturated carbocycles. The summed E-state index contributed by atoms with van der Waals surface area (Å²) in [4.78, 5) is 14.6. The van der Waals surface area contributed by atoms with Crippen LogP contribution >= 0.6 is 11.6 Å². The van der Waals surface area contributed by atoms with Gasteiger partial charge in [-0.1, -0.05) is 25.4 Å². The molecule has 6 nitrogen and oxygen atoms in total. The smallest absolute Gasteiger partial charge is 0.243 e. The van der Waals surface area contributed by atoms with Crippen molar-refractivity contribution in [2.45, 2.75) is 25.2 Å². The van der Waals surface area contributed by atoms with Crippen LogP contribution in [0.2, 0.25) is 5.02 Å². The van der Waals surface area contributed by atoms with Crippen molar-refractivity contribution in [2.24, 2.45) is 0 Å². The van der Waals surface area contributed by atoms with Gasteiger partial charge in [0.1, 0.15) is 0 Å². The highest BCUT2D eigenvalue weighted by atomic mass is 35.5. The monoisotopic (exact) mass is 421 g/mol. The van der Waals surface area contributed by atoms with Gasteiger partial charge in [-0.25, -0.2) is 8.42 Å². The molecule has 0 spiro atoms. The van der Waals surface area contributed by atoms with Gasteiger partial charge in [0.25, 0.3) is 0 Å². The van der Waals surface area contributed by atoms with Gasteiger partial charge in [0.15, 0.2) is 0 Å². The normalized spacial score (nSPS) is 13.6. The molecule has 1 aliphatic heterocycles. The molecule has 2 aromatic rings. The predicted molar refractivity (Wildman–Crippen MR) is 113 cm³/mol. The minimum absolute atomic E-state index is 0.130. The van der Waals surface area contributed by atoms with Crippen LogP contribution in [0.25, 0.3) is 0 Å². The average Bonchev–Trinajstić information content (AvgIpc) is 3.06. The molecule has 28 heavy (non-hydrogen) atoms. The molecule has 1 aliphatic rings. The Morgan fingerprint density at radius 3 is 2.46 bits per heavy atom. The van der Waals surface area contributed by atoms with Crippen LogP contribution in [-0.2, 0) is 21.2 Å². The quantitative estimate of drug-likeness (QED) is 0.744. The molecule has 0 fully saturated rings. The zero-order valence-electron chi connectivity index (χ0n) is 16.0. The number of rotatable bonds is 7. The highest BCUT2D eigenvalue weighted by molar-refractivity contribution is 7.89. The van der Waals surface area contributed by atoms with E-state index in [4.69, 9.17) is 11.6 Å². The second-order valence-corrected chi connectivity index (χ2v) is 8.98. The number of amides is 1. The lowest BCUT2D eigenvalue weighted by atomic mass is 10.2.